The van der Waals surface area contributed by atoms with Gasteiger partial charge >= 0.3 is 0 Å². The van der Waals surface area contributed by atoms with Crippen LogP contribution in [0.15, 0.2) is 71.8 Å². The molecule has 0 atom stereocenters. The number of carbonyl (C=O) groups excluding carboxylic acids is 1. The van der Waals surface area contributed by atoms with Gasteiger partial charge in [-0.1, -0.05) is 30.3 Å². The fraction of sp³-hybridized carbons (Fsp3) is 0.167. The molecule has 3 aromatic rings. The third-order valence-electron chi connectivity index (χ3n) is 4.44. The lowest BCUT2D eigenvalue weighted by atomic mass is 10.2. The zero-order valence-corrected chi connectivity index (χ0v) is 17.6. The minimum absolute atomic E-state index is 0.333. The number of hydrazone groups is 1. The highest BCUT2D eigenvalue weighted by molar-refractivity contribution is 5.95. The van der Waals surface area contributed by atoms with E-state index in [2.05, 4.69) is 10.5 Å². The number of carbonyl (C=O) groups is 1. The summed E-state index contributed by atoms with van der Waals surface area (Å²) in [4.78, 5) is 12.2. The van der Waals surface area contributed by atoms with Gasteiger partial charge in [0, 0.05) is 11.1 Å². The maximum Gasteiger partial charge on any atom is 0.271 e. The third kappa shape index (κ3) is 5.76. The van der Waals surface area contributed by atoms with Gasteiger partial charge in [0.15, 0.2) is 11.5 Å². The first-order valence-electron chi connectivity index (χ1n) is 9.54. The summed E-state index contributed by atoms with van der Waals surface area (Å²) in [5.74, 6) is 1.83. The van der Waals surface area contributed by atoms with Crippen molar-refractivity contribution in [1.82, 2.24) is 5.43 Å². The Morgan fingerprint density at radius 2 is 1.55 bits per heavy atom. The predicted molar refractivity (Wildman–Crippen MR) is 118 cm³/mol. The number of methoxy groups -OCH3 is 3. The number of nitrogens with one attached hydrogen (secondary N) is 1. The summed E-state index contributed by atoms with van der Waals surface area (Å²) in [5.41, 5.74) is 4.67. The van der Waals surface area contributed by atoms with Crippen LogP contribution in [0.5, 0.6) is 23.0 Å². The molecule has 0 saturated heterocycles. The second kappa shape index (κ2) is 10.7. The number of hydrogen-bond acceptors (Lipinski definition) is 6. The van der Waals surface area contributed by atoms with E-state index in [1.165, 1.54) is 6.21 Å². The van der Waals surface area contributed by atoms with Crippen molar-refractivity contribution in [3.05, 3.63) is 83.4 Å². The Kier molecular flexibility index (Phi) is 7.48. The molecule has 1 N–H and O–H groups in total. The van der Waals surface area contributed by atoms with Gasteiger partial charge in [-0.2, -0.15) is 5.10 Å². The number of ether oxygens (including phenoxy) is 4. The molecule has 0 spiro atoms. The van der Waals surface area contributed by atoms with E-state index < -0.39 is 0 Å². The predicted octanol–water partition coefficient (Wildman–Crippen LogP) is 4.06. The average Bonchev–Trinajstić information content (AvgIpc) is 2.83. The number of amides is 1. The van der Waals surface area contributed by atoms with Crippen molar-refractivity contribution in [2.75, 3.05) is 21.3 Å². The average molecular weight is 420 g/mol. The van der Waals surface area contributed by atoms with Gasteiger partial charge in [-0.05, 0) is 42.0 Å². The van der Waals surface area contributed by atoms with Crippen molar-refractivity contribution in [1.29, 1.82) is 0 Å². The normalized spacial score (nSPS) is 10.5. The Labute approximate surface area is 181 Å². The minimum atomic E-state index is -0.333. The molecule has 0 bridgehead atoms. The van der Waals surface area contributed by atoms with Crippen LogP contribution in [0.4, 0.5) is 0 Å². The van der Waals surface area contributed by atoms with Crippen molar-refractivity contribution in [3.63, 3.8) is 0 Å². The second-order valence-corrected chi connectivity index (χ2v) is 6.46. The lowest BCUT2D eigenvalue weighted by molar-refractivity contribution is 0.0955. The summed E-state index contributed by atoms with van der Waals surface area (Å²) in [6.07, 6.45) is 1.51. The second-order valence-electron chi connectivity index (χ2n) is 6.46. The molecule has 0 saturated carbocycles. The quantitative estimate of drug-likeness (QED) is 0.417. The Morgan fingerprint density at radius 1 is 0.903 bits per heavy atom. The molecular formula is C24H24N2O5. The molecule has 31 heavy (non-hydrogen) atoms. The number of nitrogens with zero attached hydrogens (tertiary/aromatic N) is 1. The van der Waals surface area contributed by atoms with Crippen LogP contribution in [0.3, 0.4) is 0 Å². The molecule has 0 aliphatic heterocycles. The Balaban J connectivity index is 1.71. The van der Waals surface area contributed by atoms with E-state index in [1.807, 2.05) is 30.3 Å². The summed E-state index contributed by atoms with van der Waals surface area (Å²) in [6, 6.07) is 20.1. The van der Waals surface area contributed by atoms with Crippen molar-refractivity contribution in [2.24, 2.45) is 5.10 Å². The highest BCUT2D eigenvalue weighted by atomic mass is 16.5. The van der Waals surface area contributed by atoms with Crippen LogP contribution < -0.4 is 24.4 Å². The highest BCUT2D eigenvalue weighted by Crippen LogP contribution is 2.38. The molecule has 3 rings (SSSR count). The molecule has 1 amide bonds. The first kappa shape index (κ1) is 21.7. The van der Waals surface area contributed by atoms with E-state index in [-0.39, 0.29) is 5.91 Å². The first-order chi connectivity index (χ1) is 15.1. The third-order valence-corrected chi connectivity index (χ3v) is 4.44. The maximum atomic E-state index is 12.2. The minimum Gasteiger partial charge on any atom is -0.497 e. The van der Waals surface area contributed by atoms with Crippen LogP contribution >= 0.6 is 0 Å². The van der Waals surface area contributed by atoms with Gasteiger partial charge in [-0.3, -0.25) is 4.79 Å². The number of rotatable bonds is 9. The van der Waals surface area contributed by atoms with E-state index in [9.17, 15) is 4.79 Å². The fourth-order valence-corrected chi connectivity index (χ4v) is 2.82. The van der Waals surface area contributed by atoms with Crippen LogP contribution in [0.25, 0.3) is 0 Å². The molecular weight excluding hydrogens is 396 g/mol. The van der Waals surface area contributed by atoms with Gasteiger partial charge in [0.2, 0.25) is 5.75 Å². The largest absolute Gasteiger partial charge is 0.497 e. The van der Waals surface area contributed by atoms with Gasteiger partial charge in [0.05, 0.1) is 27.5 Å². The molecule has 7 heteroatoms. The molecule has 0 radical (unpaired) electrons. The zero-order valence-electron chi connectivity index (χ0n) is 17.6. The van der Waals surface area contributed by atoms with E-state index in [4.69, 9.17) is 18.9 Å². The van der Waals surface area contributed by atoms with Crippen molar-refractivity contribution >= 4 is 12.1 Å². The smallest absolute Gasteiger partial charge is 0.271 e. The highest BCUT2D eigenvalue weighted by Gasteiger charge is 2.14. The first-order valence-corrected chi connectivity index (χ1v) is 9.54. The van der Waals surface area contributed by atoms with Gasteiger partial charge in [0.25, 0.3) is 5.91 Å². The van der Waals surface area contributed by atoms with E-state index in [1.54, 1.807) is 57.7 Å². The lowest BCUT2D eigenvalue weighted by Crippen LogP contribution is -2.17. The standard InChI is InChI=1S/C24H24N2O5/c1-28-20-11-9-19(10-12-20)24(27)26-25-15-18-13-21(29-2)23(22(14-18)30-3)31-16-17-7-5-4-6-8-17/h4-15H,16H2,1-3H3,(H,26,27)/b25-15-. The monoisotopic (exact) mass is 420 g/mol. The van der Waals surface area contributed by atoms with Crippen LogP contribution in [-0.2, 0) is 6.61 Å². The van der Waals surface area contributed by atoms with Crippen LogP contribution in [0, 0.1) is 0 Å². The molecule has 160 valence electrons. The van der Waals surface area contributed by atoms with Gasteiger partial charge in [0.1, 0.15) is 12.4 Å². The topological polar surface area (TPSA) is 78.4 Å². The molecule has 0 fully saturated rings. The van der Waals surface area contributed by atoms with E-state index in [0.717, 1.165) is 5.56 Å². The Bertz CT molecular complexity index is 1010. The van der Waals surface area contributed by atoms with Gasteiger partial charge < -0.3 is 18.9 Å². The summed E-state index contributed by atoms with van der Waals surface area (Å²) in [5, 5.41) is 4.03. The summed E-state index contributed by atoms with van der Waals surface area (Å²) >= 11 is 0. The van der Waals surface area contributed by atoms with Crippen molar-refractivity contribution in [2.45, 2.75) is 6.61 Å². The van der Waals surface area contributed by atoms with Gasteiger partial charge in [-0.15, -0.1) is 0 Å². The summed E-state index contributed by atoms with van der Waals surface area (Å²) in [6.45, 7) is 0.374. The molecule has 0 aliphatic rings. The lowest BCUT2D eigenvalue weighted by Gasteiger charge is -2.15. The van der Waals surface area contributed by atoms with E-state index >= 15 is 0 Å². The molecule has 0 aromatic heterocycles. The molecule has 0 heterocycles. The SMILES string of the molecule is COc1ccc(C(=O)N/N=C\c2cc(OC)c(OCc3ccccc3)c(OC)c2)cc1. The van der Waals surface area contributed by atoms with Gasteiger partial charge in [-0.25, -0.2) is 5.43 Å². The number of benzene rings is 3. The van der Waals surface area contributed by atoms with Crippen LogP contribution in [0.2, 0.25) is 0 Å². The zero-order chi connectivity index (χ0) is 22.1. The van der Waals surface area contributed by atoms with Crippen LogP contribution in [-0.4, -0.2) is 33.5 Å². The van der Waals surface area contributed by atoms with E-state index in [0.29, 0.717) is 40.7 Å². The maximum absolute atomic E-state index is 12.2. The Morgan fingerprint density at radius 3 is 2.13 bits per heavy atom. The van der Waals surface area contributed by atoms with Crippen LogP contribution in [0.1, 0.15) is 21.5 Å². The number of hydrogen-bond donors (Lipinski definition) is 1. The van der Waals surface area contributed by atoms with Crippen molar-refractivity contribution in [3.8, 4) is 23.0 Å². The molecule has 0 unspecified atom stereocenters. The summed E-state index contributed by atoms with van der Waals surface area (Å²) < 4.78 is 22.0. The molecule has 7 nitrogen and oxygen atoms in total. The van der Waals surface area contributed by atoms with Crippen molar-refractivity contribution < 1.29 is 23.7 Å². The fourth-order valence-electron chi connectivity index (χ4n) is 2.82. The Hall–Kier alpha value is -4.00. The molecule has 3 aromatic carbocycles. The summed E-state index contributed by atoms with van der Waals surface area (Å²) in [7, 11) is 4.67. The molecule has 0 aliphatic carbocycles.